The average Bonchev–Trinajstić information content (AvgIpc) is 3.08. The number of hydrogen-bond donors (Lipinski definition) is 4. The van der Waals surface area contributed by atoms with Crippen molar-refractivity contribution in [1.29, 1.82) is 0 Å². The first-order valence-electron chi connectivity index (χ1n) is 14.0. The number of rotatable bonds is 14. The zero-order chi connectivity index (χ0) is 39.9. The van der Waals surface area contributed by atoms with Gasteiger partial charge in [-0.15, -0.1) is 0 Å². The van der Waals surface area contributed by atoms with E-state index in [0.29, 0.717) is 36.4 Å². The van der Waals surface area contributed by atoms with Crippen LogP contribution in [0.5, 0.6) is 23.0 Å². The molecular formula is C33H18F10O10. The molecule has 0 atom stereocenters. The van der Waals surface area contributed by atoms with Gasteiger partial charge >= 0.3 is 53.5 Å². The van der Waals surface area contributed by atoms with Gasteiger partial charge in [-0.1, -0.05) is 0 Å². The zero-order valence-electron chi connectivity index (χ0n) is 25.6. The van der Waals surface area contributed by atoms with E-state index >= 15 is 0 Å². The molecule has 0 radical (unpaired) electrons. The fourth-order valence-electron chi connectivity index (χ4n) is 4.59. The van der Waals surface area contributed by atoms with Crippen LogP contribution in [0, 0.1) is 0 Å². The van der Waals surface area contributed by atoms with Crippen LogP contribution in [0.4, 0.5) is 43.9 Å². The van der Waals surface area contributed by atoms with Gasteiger partial charge in [0.15, 0.2) is 0 Å². The second kappa shape index (κ2) is 13.7. The molecule has 0 bridgehead atoms. The van der Waals surface area contributed by atoms with Crippen molar-refractivity contribution in [2.75, 3.05) is 0 Å². The molecule has 10 nitrogen and oxygen atoms in total. The third-order valence-corrected chi connectivity index (χ3v) is 7.39. The van der Waals surface area contributed by atoms with E-state index in [0.717, 1.165) is 24.3 Å². The molecule has 20 heteroatoms. The highest BCUT2D eigenvalue weighted by Gasteiger charge is 2.86. The van der Waals surface area contributed by atoms with Gasteiger partial charge in [-0.3, -0.25) is 0 Å². The van der Waals surface area contributed by atoms with Crippen molar-refractivity contribution in [1.82, 2.24) is 0 Å². The lowest BCUT2D eigenvalue weighted by Crippen LogP contribution is -2.65. The first-order valence-corrected chi connectivity index (χ1v) is 14.0. The molecule has 0 amide bonds. The Morgan fingerprint density at radius 1 is 0.377 bits per heavy atom. The number of halogens is 10. The maximum atomic E-state index is 14.9. The van der Waals surface area contributed by atoms with Crippen LogP contribution in [0.15, 0.2) is 84.9 Å². The Labute approximate surface area is 288 Å². The highest BCUT2D eigenvalue weighted by Crippen LogP contribution is 2.61. The number of carboxylic acids is 4. The maximum Gasteiger partial charge on any atom is 0.385 e. The lowest BCUT2D eigenvalue weighted by molar-refractivity contribution is -0.407. The second-order valence-corrected chi connectivity index (χ2v) is 10.8. The van der Waals surface area contributed by atoms with E-state index in [9.17, 15) is 73.3 Å². The van der Waals surface area contributed by atoms with Gasteiger partial charge in [0.2, 0.25) is 0 Å². The molecule has 0 aliphatic carbocycles. The molecule has 280 valence electrons. The fourth-order valence-corrected chi connectivity index (χ4v) is 4.59. The highest BCUT2D eigenvalue weighted by atomic mass is 19.4. The minimum atomic E-state index is -7.46. The summed E-state index contributed by atoms with van der Waals surface area (Å²) in [7, 11) is 0. The van der Waals surface area contributed by atoms with Crippen molar-refractivity contribution in [2.45, 2.75) is 29.6 Å². The number of hydrogen-bond acceptors (Lipinski definition) is 6. The average molecular weight is 764 g/mol. The van der Waals surface area contributed by atoms with Crippen molar-refractivity contribution < 1.29 is 93.0 Å². The van der Waals surface area contributed by atoms with Crippen molar-refractivity contribution in [2.24, 2.45) is 0 Å². The molecule has 4 rings (SSSR count). The Kier molecular flexibility index (Phi) is 10.2. The van der Waals surface area contributed by atoms with Crippen LogP contribution < -0.4 is 9.47 Å². The van der Waals surface area contributed by atoms with Crippen molar-refractivity contribution in [3.8, 4) is 23.0 Å². The molecular weight excluding hydrogens is 746 g/mol. The van der Waals surface area contributed by atoms with E-state index in [1.165, 1.54) is 0 Å². The van der Waals surface area contributed by atoms with Gasteiger partial charge in [0.25, 0.3) is 0 Å². The van der Waals surface area contributed by atoms with Crippen LogP contribution in [0.2, 0.25) is 0 Å². The molecule has 0 heterocycles. The predicted octanol–water partition coefficient (Wildman–Crippen LogP) is 8.85. The predicted molar refractivity (Wildman–Crippen MR) is 156 cm³/mol. The third-order valence-electron chi connectivity index (χ3n) is 7.39. The van der Waals surface area contributed by atoms with Gasteiger partial charge in [-0.25, -0.2) is 19.2 Å². The van der Waals surface area contributed by atoms with Crippen LogP contribution in [-0.2, 0) is 11.8 Å². The van der Waals surface area contributed by atoms with Crippen LogP contribution >= 0.6 is 0 Å². The highest BCUT2D eigenvalue weighted by molar-refractivity contribution is 6.02. The number of benzene rings is 4. The Balaban J connectivity index is 1.57. The first-order chi connectivity index (χ1) is 24.4. The standard InChI is InChI=1S/C33H18F10O10/c34-29(35,15-1-5-17(6-2-15)52-19-9-11-21(25(44)45)23(13-19)27(48)49)31(38,39)33(42,43)32(40,41)30(36,37)16-3-7-18(8-4-16)53-20-10-12-22(26(46)47)24(14-20)28(50)51/h1-14H,(H,44,45)(H,46,47)(H,48,49)(H,50,51). The molecule has 0 aromatic heterocycles. The fraction of sp³-hybridized carbons (Fsp3) is 0.152. The topological polar surface area (TPSA) is 168 Å². The molecule has 4 aromatic rings. The van der Waals surface area contributed by atoms with Gasteiger partial charge in [-0.05, 0) is 84.9 Å². The number of ether oxygens (including phenoxy) is 2. The minimum absolute atomic E-state index is 0.00663. The molecule has 0 saturated heterocycles. The van der Waals surface area contributed by atoms with E-state index in [-0.39, 0.29) is 24.3 Å². The molecule has 4 N–H and O–H groups in total. The smallest absolute Gasteiger partial charge is 0.385 e. The van der Waals surface area contributed by atoms with Gasteiger partial charge in [0, 0.05) is 11.1 Å². The third kappa shape index (κ3) is 6.98. The molecule has 4 aromatic carbocycles. The molecule has 0 saturated carbocycles. The summed E-state index contributed by atoms with van der Waals surface area (Å²) in [5.41, 5.74) is -7.08. The summed E-state index contributed by atoms with van der Waals surface area (Å²) in [6, 6.07) is 6.52. The summed E-state index contributed by atoms with van der Waals surface area (Å²) in [5.74, 6) is -43.1. The Morgan fingerprint density at radius 2 is 0.642 bits per heavy atom. The summed E-state index contributed by atoms with van der Waals surface area (Å²) in [6.07, 6.45) is 0. The summed E-state index contributed by atoms with van der Waals surface area (Å²) in [5, 5.41) is 36.5. The van der Waals surface area contributed by atoms with E-state index in [2.05, 4.69) is 0 Å². The number of carboxylic acid groups (broad SMARTS) is 4. The van der Waals surface area contributed by atoms with E-state index in [1.54, 1.807) is 0 Å². The Bertz CT molecular complexity index is 1940. The summed E-state index contributed by atoms with van der Waals surface area (Å²) < 4.78 is 159. The number of aromatic carboxylic acids is 4. The molecule has 0 aliphatic rings. The van der Waals surface area contributed by atoms with Gasteiger partial charge in [-0.2, -0.15) is 43.9 Å². The van der Waals surface area contributed by atoms with Gasteiger partial charge in [0.05, 0.1) is 22.3 Å². The second-order valence-electron chi connectivity index (χ2n) is 10.8. The lowest BCUT2D eigenvalue weighted by atomic mass is 9.88. The van der Waals surface area contributed by atoms with Crippen LogP contribution in [0.3, 0.4) is 0 Å². The molecule has 53 heavy (non-hydrogen) atoms. The van der Waals surface area contributed by atoms with Crippen molar-refractivity contribution in [3.63, 3.8) is 0 Å². The first kappa shape index (κ1) is 39.4. The minimum Gasteiger partial charge on any atom is -0.478 e. The van der Waals surface area contributed by atoms with Crippen LogP contribution in [0.1, 0.15) is 52.6 Å². The molecule has 0 aliphatic heterocycles. The maximum absolute atomic E-state index is 14.9. The molecule has 0 unspecified atom stereocenters. The van der Waals surface area contributed by atoms with Crippen LogP contribution in [0.25, 0.3) is 0 Å². The van der Waals surface area contributed by atoms with Gasteiger partial charge < -0.3 is 29.9 Å². The normalized spacial score (nSPS) is 12.6. The Hall–Kier alpha value is -6.34. The molecule has 0 spiro atoms. The SMILES string of the molecule is O=C(O)c1ccc(Oc2ccc(C(F)(F)C(F)(F)C(F)(F)C(F)(F)C(F)(F)c3ccc(Oc4ccc(C(=O)O)c(C(=O)O)c4)cc3)cc2)cc1C(=O)O. The summed E-state index contributed by atoms with van der Waals surface area (Å²) >= 11 is 0. The summed E-state index contributed by atoms with van der Waals surface area (Å²) in [4.78, 5) is 45.0. The van der Waals surface area contributed by atoms with E-state index in [4.69, 9.17) is 19.7 Å². The monoisotopic (exact) mass is 764 g/mol. The van der Waals surface area contributed by atoms with E-state index < -0.39 is 110 Å². The number of alkyl halides is 10. The lowest BCUT2D eigenvalue weighted by Gasteiger charge is -2.39. The van der Waals surface area contributed by atoms with Crippen molar-refractivity contribution in [3.05, 3.63) is 118 Å². The van der Waals surface area contributed by atoms with Crippen LogP contribution in [-0.4, -0.2) is 62.1 Å². The number of carbonyl (C=O) groups is 4. The largest absolute Gasteiger partial charge is 0.478 e. The Morgan fingerprint density at radius 3 is 0.906 bits per heavy atom. The van der Waals surface area contributed by atoms with Crippen molar-refractivity contribution >= 4 is 23.9 Å². The summed E-state index contributed by atoms with van der Waals surface area (Å²) in [6.45, 7) is 0. The zero-order valence-corrected chi connectivity index (χ0v) is 25.6. The quantitative estimate of drug-likeness (QED) is 0.0911. The van der Waals surface area contributed by atoms with E-state index in [1.807, 2.05) is 0 Å². The van der Waals surface area contributed by atoms with Gasteiger partial charge in [0.1, 0.15) is 23.0 Å². The molecule has 0 fully saturated rings.